The molecule has 0 fully saturated rings. The number of hydrogen-bond donors (Lipinski definition) is 1. The summed E-state index contributed by atoms with van der Waals surface area (Å²) < 4.78 is 13.1. The van der Waals surface area contributed by atoms with E-state index in [9.17, 15) is 14.4 Å². The van der Waals surface area contributed by atoms with Gasteiger partial charge in [0.05, 0.1) is 24.4 Å². The Bertz CT molecular complexity index is 1350. The first-order valence-electron chi connectivity index (χ1n) is 10.2. The van der Waals surface area contributed by atoms with E-state index in [1.807, 2.05) is 31.2 Å². The number of nitrogens with zero attached hydrogens (tertiary/aromatic N) is 3. The molecule has 0 bridgehead atoms. The molecule has 0 aliphatic rings. The van der Waals surface area contributed by atoms with Crippen LogP contribution in [0.1, 0.15) is 6.92 Å². The van der Waals surface area contributed by atoms with E-state index >= 15 is 0 Å². The van der Waals surface area contributed by atoms with Gasteiger partial charge in [0.2, 0.25) is 5.91 Å². The Kier molecular flexibility index (Phi) is 6.16. The van der Waals surface area contributed by atoms with Crippen molar-refractivity contribution in [3.63, 3.8) is 0 Å². The molecule has 0 spiro atoms. The van der Waals surface area contributed by atoms with Gasteiger partial charge in [-0.1, -0.05) is 12.1 Å². The van der Waals surface area contributed by atoms with E-state index in [2.05, 4.69) is 10.4 Å². The molecule has 0 saturated heterocycles. The normalized spacial score (nSPS) is 10.9. The summed E-state index contributed by atoms with van der Waals surface area (Å²) in [6.45, 7) is 2.70. The highest BCUT2D eigenvalue weighted by Gasteiger charge is 2.12. The topological polar surface area (TPSA) is 108 Å². The van der Waals surface area contributed by atoms with E-state index in [-0.39, 0.29) is 31.1 Å². The highest BCUT2D eigenvalue weighted by atomic mass is 16.5. The van der Waals surface area contributed by atoms with Crippen molar-refractivity contribution < 1.29 is 13.9 Å². The monoisotopic (exact) mass is 434 g/mol. The largest absolute Gasteiger partial charge is 0.494 e. The van der Waals surface area contributed by atoms with Crippen LogP contribution in [0.2, 0.25) is 0 Å². The Morgan fingerprint density at radius 3 is 2.62 bits per heavy atom. The van der Waals surface area contributed by atoms with Crippen molar-refractivity contribution in [2.45, 2.75) is 20.0 Å². The lowest BCUT2D eigenvalue weighted by Crippen LogP contribution is -2.35. The van der Waals surface area contributed by atoms with Crippen LogP contribution in [-0.4, -0.2) is 33.4 Å². The highest BCUT2D eigenvalue weighted by Crippen LogP contribution is 2.19. The molecule has 9 nitrogen and oxygen atoms in total. The predicted molar refractivity (Wildman–Crippen MR) is 119 cm³/mol. The van der Waals surface area contributed by atoms with E-state index in [1.165, 1.54) is 15.3 Å². The Hall–Kier alpha value is -4.14. The SMILES string of the molecule is CCOc1ccc(-c2ccc(=O)n(CCNC(=O)Cn3c(=O)oc4ccccc43)n2)cc1. The molecule has 9 heteroatoms. The molecule has 164 valence electrons. The third-order valence-electron chi connectivity index (χ3n) is 4.85. The number of oxazole rings is 1. The van der Waals surface area contributed by atoms with Gasteiger partial charge < -0.3 is 14.5 Å². The van der Waals surface area contributed by atoms with Gasteiger partial charge >= 0.3 is 5.76 Å². The minimum atomic E-state index is -0.595. The Labute approximate surface area is 182 Å². The summed E-state index contributed by atoms with van der Waals surface area (Å²) in [5.41, 5.74) is 2.18. The summed E-state index contributed by atoms with van der Waals surface area (Å²) in [6.07, 6.45) is 0. The lowest BCUT2D eigenvalue weighted by molar-refractivity contribution is -0.121. The predicted octanol–water partition coefficient (Wildman–Crippen LogP) is 2.03. The second-order valence-electron chi connectivity index (χ2n) is 7.01. The van der Waals surface area contributed by atoms with Gasteiger partial charge in [-0.2, -0.15) is 5.10 Å². The molecule has 0 saturated carbocycles. The first-order chi connectivity index (χ1) is 15.5. The minimum absolute atomic E-state index is 0.176. The number of hydrogen-bond acceptors (Lipinski definition) is 6. The number of amides is 1. The Morgan fingerprint density at radius 2 is 1.84 bits per heavy atom. The van der Waals surface area contributed by atoms with Crippen molar-refractivity contribution in [3.05, 3.63) is 81.6 Å². The molecule has 1 amide bonds. The lowest BCUT2D eigenvalue weighted by Gasteiger charge is -2.09. The summed E-state index contributed by atoms with van der Waals surface area (Å²) >= 11 is 0. The fraction of sp³-hybridized carbons (Fsp3) is 0.217. The molecule has 2 heterocycles. The Balaban J connectivity index is 1.39. The average Bonchev–Trinajstić information content (AvgIpc) is 3.11. The number of ether oxygens (including phenoxy) is 1. The molecule has 1 N–H and O–H groups in total. The molecule has 32 heavy (non-hydrogen) atoms. The van der Waals surface area contributed by atoms with Gasteiger partial charge in [0, 0.05) is 18.2 Å². The third kappa shape index (κ3) is 4.61. The summed E-state index contributed by atoms with van der Waals surface area (Å²) in [5, 5.41) is 7.10. The standard InChI is InChI=1S/C23H22N4O5/c1-2-31-17-9-7-16(8-10-17)18-11-12-22(29)27(25-18)14-13-24-21(28)15-26-19-5-3-4-6-20(19)32-23(26)30/h3-12H,2,13-15H2,1H3,(H,24,28). The van der Waals surface area contributed by atoms with E-state index in [1.54, 1.807) is 30.3 Å². The zero-order valence-corrected chi connectivity index (χ0v) is 17.5. The van der Waals surface area contributed by atoms with E-state index in [0.717, 1.165) is 11.3 Å². The number of rotatable bonds is 8. The molecule has 0 radical (unpaired) electrons. The molecule has 2 aromatic heterocycles. The zero-order chi connectivity index (χ0) is 22.5. The van der Waals surface area contributed by atoms with Gasteiger partial charge in [-0.25, -0.2) is 9.48 Å². The van der Waals surface area contributed by atoms with E-state index < -0.39 is 5.76 Å². The number of para-hydroxylation sites is 2. The fourth-order valence-electron chi connectivity index (χ4n) is 3.32. The smallest absolute Gasteiger partial charge is 0.420 e. The van der Waals surface area contributed by atoms with Crippen molar-refractivity contribution in [2.75, 3.05) is 13.2 Å². The lowest BCUT2D eigenvalue weighted by atomic mass is 10.1. The molecule has 0 aliphatic carbocycles. The maximum Gasteiger partial charge on any atom is 0.420 e. The van der Waals surface area contributed by atoms with E-state index in [0.29, 0.717) is 23.4 Å². The fourth-order valence-corrected chi connectivity index (χ4v) is 3.32. The molecule has 0 aliphatic heterocycles. The number of carbonyl (C=O) groups excluding carboxylic acids is 1. The highest BCUT2D eigenvalue weighted by molar-refractivity contribution is 5.79. The summed E-state index contributed by atoms with van der Waals surface area (Å²) in [4.78, 5) is 36.5. The number of aromatic nitrogens is 3. The van der Waals surface area contributed by atoms with Crippen LogP contribution in [0.4, 0.5) is 0 Å². The first-order valence-corrected chi connectivity index (χ1v) is 10.2. The minimum Gasteiger partial charge on any atom is -0.494 e. The molecule has 2 aromatic carbocycles. The van der Waals surface area contributed by atoms with Gasteiger partial charge in [-0.3, -0.25) is 14.2 Å². The van der Waals surface area contributed by atoms with Crippen LogP contribution in [-0.2, 0) is 17.9 Å². The van der Waals surface area contributed by atoms with Crippen molar-refractivity contribution >= 4 is 17.0 Å². The molecular weight excluding hydrogens is 412 g/mol. The van der Waals surface area contributed by atoms with Gasteiger partial charge in [0.1, 0.15) is 12.3 Å². The maximum atomic E-state index is 12.3. The number of fused-ring (bicyclic) bond motifs is 1. The van der Waals surface area contributed by atoms with Crippen molar-refractivity contribution in [3.8, 4) is 17.0 Å². The van der Waals surface area contributed by atoms with Crippen LogP contribution < -0.4 is 21.4 Å². The average molecular weight is 434 g/mol. The van der Waals surface area contributed by atoms with Gasteiger partial charge in [0.15, 0.2) is 5.58 Å². The van der Waals surface area contributed by atoms with E-state index in [4.69, 9.17) is 9.15 Å². The summed E-state index contributed by atoms with van der Waals surface area (Å²) in [5.74, 6) is -0.201. The van der Waals surface area contributed by atoms with Crippen LogP contribution in [0, 0.1) is 0 Å². The van der Waals surface area contributed by atoms with Crippen molar-refractivity contribution in [1.29, 1.82) is 0 Å². The quantitative estimate of drug-likeness (QED) is 0.455. The number of carbonyl (C=O) groups is 1. The molecule has 0 unspecified atom stereocenters. The van der Waals surface area contributed by atoms with Crippen LogP contribution in [0.3, 0.4) is 0 Å². The van der Waals surface area contributed by atoms with Crippen molar-refractivity contribution in [2.24, 2.45) is 0 Å². The molecular formula is C23H22N4O5. The molecule has 4 rings (SSSR count). The van der Waals surface area contributed by atoms with Gasteiger partial charge in [-0.15, -0.1) is 0 Å². The van der Waals surface area contributed by atoms with Crippen LogP contribution in [0.25, 0.3) is 22.4 Å². The van der Waals surface area contributed by atoms with Crippen molar-refractivity contribution in [1.82, 2.24) is 19.7 Å². The van der Waals surface area contributed by atoms with Gasteiger partial charge in [-0.05, 0) is 49.4 Å². The van der Waals surface area contributed by atoms with Crippen LogP contribution in [0.15, 0.2) is 74.7 Å². The van der Waals surface area contributed by atoms with Gasteiger partial charge in [0.25, 0.3) is 5.56 Å². The second-order valence-corrected chi connectivity index (χ2v) is 7.01. The number of nitrogens with one attached hydrogen (secondary N) is 1. The summed E-state index contributed by atoms with van der Waals surface area (Å²) in [6, 6.07) is 17.4. The zero-order valence-electron chi connectivity index (χ0n) is 17.5. The molecule has 0 atom stereocenters. The Morgan fingerprint density at radius 1 is 1.06 bits per heavy atom. The van der Waals surface area contributed by atoms with Crippen LogP contribution >= 0.6 is 0 Å². The first kappa shape index (κ1) is 21.1. The maximum absolute atomic E-state index is 12.3. The molecule has 4 aromatic rings. The third-order valence-corrected chi connectivity index (χ3v) is 4.85. The summed E-state index contributed by atoms with van der Waals surface area (Å²) in [7, 11) is 0. The second kappa shape index (κ2) is 9.34. The van der Waals surface area contributed by atoms with Crippen LogP contribution in [0.5, 0.6) is 5.75 Å². The number of benzene rings is 2.